The largest absolute Gasteiger partial charge is 0.250 e. The summed E-state index contributed by atoms with van der Waals surface area (Å²) >= 11 is 11.4. The minimum Gasteiger partial charge on any atom is -0.250 e. The molecule has 1 aromatic carbocycles. The van der Waals surface area contributed by atoms with E-state index in [1.165, 1.54) is 0 Å². The first-order valence-corrected chi connectivity index (χ1v) is 7.65. The zero-order valence-electron chi connectivity index (χ0n) is 12.2. The molecular formula is C15H14ClN5S. The number of hydrogen-bond donors (Lipinski definition) is 1. The average Bonchev–Trinajstić information content (AvgIpc) is 2.86. The highest BCUT2D eigenvalue weighted by Crippen LogP contribution is 2.21. The van der Waals surface area contributed by atoms with Crippen LogP contribution >= 0.6 is 23.8 Å². The van der Waals surface area contributed by atoms with Gasteiger partial charge in [0, 0.05) is 17.4 Å². The second-order valence-corrected chi connectivity index (χ2v) is 5.61. The van der Waals surface area contributed by atoms with Gasteiger partial charge in [-0.05, 0) is 30.8 Å². The van der Waals surface area contributed by atoms with Gasteiger partial charge in [0.1, 0.15) is 5.15 Å². The number of aromatic amines is 1. The molecule has 0 aliphatic carbocycles. The average molecular weight is 332 g/mol. The van der Waals surface area contributed by atoms with Crippen molar-refractivity contribution >= 4 is 40.9 Å². The molecule has 0 bridgehead atoms. The number of para-hydroxylation sites is 1. The molecule has 3 aromatic rings. The van der Waals surface area contributed by atoms with Gasteiger partial charge < -0.3 is 0 Å². The summed E-state index contributed by atoms with van der Waals surface area (Å²) in [6, 6.07) is 7.98. The number of aromatic nitrogens is 4. The van der Waals surface area contributed by atoms with E-state index < -0.39 is 0 Å². The van der Waals surface area contributed by atoms with E-state index in [2.05, 4.69) is 20.3 Å². The lowest BCUT2D eigenvalue weighted by Crippen LogP contribution is -1.98. The molecular weight excluding hydrogens is 318 g/mol. The molecule has 0 saturated carbocycles. The van der Waals surface area contributed by atoms with Gasteiger partial charge in [0.05, 0.1) is 11.7 Å². The molecule has 0 atom stereocenters. The minimum absolute atomic E-state index is 0.415. The van der Waals surface area contributed by atoms with Crippen molar-refractivity contribution in [3.63, 3.8) is 0 Å². The van der Waals surface area contributed by atoms with Crippen LogP contribution in [0.15, 0.2) is 29.4 Å². The molecule has 0 unspecified atom stereocenters. The molecule has 112 valence electrons. The molecule has 0 fully saturated rings. The number of halogens is 1. The monoisotopic (exact) mass is 331 g/mol. The van der Waals surface area contributed by atoms with Gasteiger partial charge in [-0.1, -0.05) is 36.7 Å². The Kier molecular flexibility index (Phi) is 4.04. The molecule has 0 spiro atoms. The molecule has 22 heavy (non-hydrogen) atoms. The van der Waals surface area contributed by atoms with E-state index in [-0.39, 0.29) is 0 Å². The van der Waals surface area contributed by atoms with Crippen LogP contribution in [0.5, 0.6) is 0 Å². The fourth-order valence-electron chi connectivity index (χ4n) is 2.22. The van der Waals surface area contributed by atoms with E-state index in [0.29, 0.717) is 9.92 Å². The van der Waals surface area contributed by atoms with Crippen LogP contribution in [0.2, 0.25) is 5.15 Å². The highest BCUT2D eigenvalue weighted by Gasteiger charge is 2.06. The maximum absolute atomic E-state index is 6.27. The summed E-state index contributed by atoms with van der Waals surface area (Å²) in [5, 5.41) is 12.7. The van der Waals surface area contributed by atoms with Crippen LogP contribution < -0.4 is 0 Å². The van der Waals surface area contributed by atoms with Crippen LogP contribution in [-0.4, -0.2) is 26.1 Å². The molecule has 2 aromatic heterocycles. The van der Waals surface area contributed by atoms with Gasteiger partial charge in [0.2, 0.25) is 4.77 Å². The molecule has 7 heteroatoms. The van der Waals surface area contributed by atoms with Gasteiger partial charge in [-0.15, -0.1) is 0 Å². The predicted octanol–water partition coefficient (Wildman–Crippen LogP) is 3.90. The zero-order chi connectivity index (χ0) is 15.7. The molecule has 3 rings (SSSR count). The van der Waals surface area contributed by atoms with Crippen molar-refractivity contribution in [3.8, 4) is 0 Å². The van der Waals surface area contributed by atoms with Gasteiger partial charge >= 0.3 is 0 Å². The van der Waals surface area contributed by atoms with Gasteiger partial charge in [-0.2, -0.15) is 14.9 Å². The third-order valence-corrected chi connectivity index (χ3v) is 3.94. The summed E-state index contributed by atoms with van der Waals surface area (Å²) in [4.78, 5) is 4.46. The topological polar surface area (TPSA) is 58.9 Å². The molecule has 0 aliphatic rings. The van der Waals surface area contributed by atoms with Crippen molar-refractivity contribution in [2.24, 2.45) is 5.10 Å². The summed E-state index contributed by atoms with van der Waals surface area (Å²) in [7, 11) is 0. The first-order chi connectivity index (χ1) is 10.6. The van der Waals surface area contributed by atoms with E-state index in [0.717, 1.165) is 34.3 Å². The van der Waals surface area contributed by atoms with Crippen LogP contribution in [-0.2, 0) is 6.42 Å². The number of benzene rings is 1. The van der Waals surface area contributed by atoms with Crippen LogP contribution in [0.3, 0.4) is 0 Å². The second-order valence-electron chi connectivity index (χ2n) is 4.87. The van der Waals surface area contributed by atoms with Gasteiger partial charge in [0.25, 0.3) is 0 Å². The number of pyridine rings is 1. The third-order valence-electron chi connectivity index (χ3n) is 3.37. The Hall–Kier alpha value is -2.05. The van der Waals surface area contributed by atoms with Gasteiger partial charge in [-0.25, -0.2) is 4.98 Å². The second kappa shape index (κ2) is 5.98. The summed E-state index contributed by atoms with van der Waals surface area (Å²) < 4.78 is 2.04. The lowest BCUT2D eigenvalue weighted by molar-refractivity contribution is 0.780. The van der Waals surface area contributed by atoms with Crippen molar-refractivity contribution in [1.82, 2.24) is 19.9 Å². The Morgan fingerprint density at radius 2 is 2.27 bits per heavy atom. The van der Waals surface area contributed by atoms with Gasteiger partial charge in [0.15, 0.2) is 5.82 Å². The lowest BCUT2D eigenvalue weighted by atomic mass is 10.1. The number of nitrogens with one attached hydrogen (secondary N) is 1. The van der Waals surface area contributed by atoms with E-state index >= 15 is 0 Å². The fourth-order valence-corrected chi connectivity index (χ4v) is 2.61. The first-order valence-electron chi connectivity index (χ1n) is 6.86. The Bertz CT molecular complexity index is 925. The van der Waals surface area contributed by atoms with Crippen LogP contribution in [0.4, 0.5) is 0 Å². The fraction of sp³-hybridized carbons (Fsp3) is 0.200. The van der Waals surface area contributed by atoms with Crippen molar-refractivity contribution in [3.05, 3.63) is 51.1 Å². The third kappa shape index (κ3) is 2.67. The maximum atomic E-state index is 6.27. The summed E-state index contributed by atoms with van der Waals surface area (Å²) in [5.74, 6) is 0.766. The standard InChI is InChI=1S/C15H14ClN5S/c1-3-12-19-20-15(22)21(12)17-8-11-7-10-6-4-5-9(2)13(10)18-14(11)16/h4-8H,3H2,1-2H3,(H,20,22)/b17-8-. The molecule has 5 nitrogen and oxygen atoms in total. The number of aryl methyl sites for hydroxylation is 2. The van der Waals surface area contributed by atoms with Crippen molar-refractivity contribution in [2.45, 2.75) is 20.3 Å². The van der Waals surface area contributed by atoms with E-state index in [9.17, 15) is 0 Å². The predicted molar refractivity (Wildman–Crippen MR) is 91.3 cm³/mol. The molecule has 0 amide bonds. The number of hydrogen-bond acceptors (Lipinski definition) is 4. The van der Waals surface area contributed by atoms with E-state index in [1.807, 2.05) is 38.1 Å². The quantitative estimate of drug-likeness (QED) is 0.450. The van der Waals surface area contributed by atoms with Crippen LogP contribution in [0.1, 0.15) is 23.9 Å². The van der Waals surface area contributed by atoms with Crippen LogP contribution in [0.25, 0.3) is 10.9 Å². The molecule has 2 heterocycles. The lowest BCUT2D eigenvalue weighted by Gasteiger charge is -2.04. The molecule has 0 radical (unpaired) electrons. The Balaban J connectivity index is 2.07. The molecule has 1 N–H and O–H groups in total. The number of nitrogens with zero attached hydrogens (tertiary/aromatic N) is 4. The first kappa shape index (κ1) is 14.9. The highest BCUT2D eigenvalue weighted by atomic mass is 35.5. The zero-order valence-corrected chi connectivity index (χ0v) is 13.7. The highest BCUT2D eigenvalue weighted by molar-refractivity contribution is 7.71. The summed E-state index contributed by atoms with van der Waals surface area (Å²) in [6.45, 7) is 4.00. The van der Waals surface area contributed by atoms with E-state index in [1.54, 1.807) is 10.9 Å². The Morgan fingerprint density at radius 1 is 1.45 bits per heavy atom. The minimum atomic E-state index is 0.415. The normalized spacial score (nSPS) is 11.6. The summed E-state index contributed by atoms with van der Waals surface area (Å²) in [5.41, 5.74) is 2.73. The van der Waals surface area contributed by atoms with E-state index in [4.69, 9.17) is 23.8 Å². The van der Waals surface area contributed by atoms with Crippen LogP contribution in [0, 0.1) is 11.7 Å². The van der Waals surface area contributed by atoms with Gasteiger partial charge in [-0.3, -0.25) is 5.10 Å². The SMILES string of the molecule is CCc1n[nH]c(=S)n1/N=C\c1cc2cccc(C)c2nc1Cl. The van der Waals surface area contributed by atoms with Crippen molar-refractivity contribution in [1.29, 1.82) is 0 Å². The molecule has 0 aliphatic heterocycles. The Morgan fingerprint density at radius 3 is 3.05 bits per heavy atom. The van der Waals surface area contributed by atoms with Crippen molar-refractivity contribution < 1.29 is 0 Å². The maximum Gasteiger partial charge on any atom is 0.216 e. The number of fused-ring (bicyclic) bond motifs is 1. The Labute approximate surface area is 137 Å². The number of rotatable bonds is 3. The smallest absolute Gasteiger partial charge is 0.216 e. The summed E-state index contributed by atoms with van der Waals surface area (Å²) in [6.07, 6.45) is 2.38. The van der Waals surface area contributed by atoms with Crippen molar-refractivity contribution in [2.75, 3.05) is 0 Å². The molecule has 0 saturated heterocycles. The number of H-pyrrole nitrogens is 1.